The fourth-order valence-corrected chi connectivity index (χ4v) is 6.38. The number of aromatic nitrogens is 3. The van der Waals surface area contributed by atoms with Crippen molar-refractivity contribution in [2.24, 2.45) is 5.92 Å². The Kier molecular flexibility index (Phi) is 13.4. The van der Waals surface area contributed by atoms with Crippen molar-refractivity contribution in [3.63, 3.8) is 0 Å². The molecule has 0 fully saturated rings. The molecule has 1 aliphatic rings. The summed E-state index contributed by atoms with van der Waals surface area (Å²) in [7, 11) is 1.55. The Labute approximate surface area is 301 Å². The van der Waals surface area contributed by atoms with Crippen LogP contribution in [0.5, 0.6) is 0 Å². The third-order valence-electron chi connectivity index (χ3n) is 8.62. The first-order chi connectivity index (χ1) is 24.2. The maximum Gasteiger partial charge on any atom is 0.271 e. The summed E-state index contributed by atoms with van der Waals surface area (Å²) < 4.78 is 1.70. The topological polar surface area (TPSA) is 188 Å². The van der Waals surface area contributed by atoms with E-state index in [1.165, 1.54) is 35.0 Å². The number of hydrogen-bond acceptors (Lipinski definition) is 9. The van der Waals surface area contributed by atoms with E-state index >= 15 is 0 Å². The van der Waals surface area contributed by atoms with Crippen LogP contribution < -0.4 is 21.3 Å². The molecule has 0 radical (unpaired) electrons. The van der Waals surface area contributed by atoms with Crippen LogP contribution >= 0.6 is 11.3 Å². The molecule has 2 bridgehead atoms. The molecule has 4 atom stereocenters. The van der Waals surface area contributed by atoms with E-state index in [4.69, 9.17) is 0 Å². The first kappa shape index (κ1) is 38.7. The van der Waals surface area contributed by atoms with Gasteiger partial charge >= 0.3 is 0 Å². The Balaban J connectivity index is 1.65. The standard InChI is InChI=1S/C35H47N9O6S/c1-21(2)30-33(49)38-24(5)35(50)42(6)16-17-43(29(46)13-15-44-22(3)12-14-36-44)19-28(45)39-26(18-25-10-8-7-9-11-25)34-40-27(20-51-34)32(48)37-23(4)31(47)41-30/h7-12,14,20-21,23-24,26,30H,13,15-19H2,1-6H3,(H,37,48)(H,38,49)(H,39,45)(H,41,47)/t23-,24+,26-,30-/m0/s1. The van der Waals surface area contributed by atoms with Gasteiger partial charge in [-0.05, 0) is 44.7 Å². The maximum absolute atomic E-state index is 13.7. The zero-order chi connectivity index (χ0) is 37.2. The molecule has 0 spiro atoms. The summed E-state index contributed by atoms with van der Waals surface area (Å²) in [4.78, 5) is 87.5. The van der Waals surface area contributed by atoms with Crippen LogP contribution in [0, 0.1) is 12.8 Å². The van der Waals surface area contributed by atoms with Gasteiger partial charge in [0.15, 0.2) is 0 Å². The van der Waals surface area contributed by atoms with Crippen molar-refractivity contribution in [1.29, 1.82) is 0 Å². The molecule has 0 aliphatic carbocycles. The molecule has 6 amide bonds. The van der Waals surface area contributed by atoms with Gasteiger partial charge in [-0.25, -0.2) is 4.98 Å². The SMILES string of the molecule is Cc1ccnn1CCC(=O)N1CCN(C)C(=O)[C@@H](C)NC(=O)[C@H](C(C)C)NC(=O)[C@H](C)NC(=O)c2csc(n2)[C@H](Cc2ccccc2)NC(=O)C1. The van der Waals surface area contributed by atoms with Crippen LogP contribution in [-0.4, -0.2) is 105 Å². The highest BCUT2D eigenvalue weighted by molar-refractivity contribution is 7.09. The molecule has 0 unspecified atom stereocenters. The summed E-state index contributed by atoms with van der Waals surface area (Å²) in [5.74, 6) is -3.27. The molecule has 51 heavy (non-hydrogen) atoms. The minimum Gasteiger partial charge on any atom is -0.345 e. The van der Waals surface area contributed by atoms with Crippen LogP contribution in [0.2, 0.25) is 0 Å². The second kappa shape index (κ2) is 17.7. The van der Waals surface area contributed by atoms with E-state index in [0.717, 1.165) is 11.3 Å². The first-order valence-electron chi connectivity index (χ1n) is 16.9. The monoisotopic (exact) mass is 721 g/mol. The summed E-state index contributed by atoms with van der Waals surface area (Å²) in [5.41, 5.74) is 1.87. The minimum atomic E-state index is -1.02. The molecular formula is C35H47N9O6S. The molecule has 4 rings (SSSR count). The van der Waals surface area contributed by atoms with Crippen molar-refractivity contribution < 1.29 is 28.8 Å². The van der Waals surface area contributed by atoms with Gasteiger partial charge in [-0.1, -0.05) is 44.2 Å². The predicted molar refractivity (Wildman–Crippen MR) is 190 cm³/mol. The fraction of sp³-hybridized carbons (Fsp3) is 0.486. The van der Waals surface area contributed by atoms with Crippen LogP contribution in [0.1, 0.15) is 66.9 Å². The van der Waals surface area contributed by atoms with E-state index in [9.17, 15) is 28.8 Å². The number of carbonyl (C=O) groups excluding carboxylic acids is 6. The Hall–Kier alpha value is -5.12. The lowest BCUT2D eigenvalue weighted by Crippen LogP contribution is -2.57. The van der Waals surface area contributed by atoms with Crippen molar-refractivity contribution >= 4 is 46.8 Å². The number of hydrogen-bond donors (Lipinski definition) is 4. The zero-order valence-electron chi connectivity index (χ0n) is 29.8. The number of likely N-dealkylation sites (N-methyl/N-ethyl adjacent to an activating group) is 1. The molecule has 1 aliphatic heterocycles. The number of amides is 6. The van der Waals surface area contributed by atoms with Gasteiger partial charge in [0.05, 0.1) is 12.6 Å². The van der Waals surface area contributed by atoms with Gasteiger partial charge in [-0.2, -0.15) is 5.10 Å². The fourth-order valence-electron chi connectivity index (χ4n) is 5.53. The van der Waals surface area contributed by atoms with Crippen molar-refractivity contribution in [2.75, 3.05) is 26.7 Å². The molecule has 16 heteroatoms. The third kappa shape index (κ3) is 10.7. The minimum absolute atomic E-state index is 0.0424. The Morgan fingerprint density at radius 1 is 0.941 bits per heavy atom. The van der Waals surface area contributed by atoms with Gasteiger partial charge in [0.2, 0.25) is 29.5 Å². The lowest BCUT2D eigenvalue weighted by molar-refractivity contribution is -0.139. The normalized spacial score (nSPS) is 21.7. The Morgan fingerprint density at radius 3 is 2.33 bits per heavy atom. The highest BCUT2D eigenvalue weighted by Gasteiger charge is 2.31. The number of nitrogens with one attached hydrogen (secondary N) is 4. The van der Waals surface area contributed by atoms with E-state index in [1.807, 2.05) is 43.3 Å². The molecule has 0 saturated carbocycles. The number of aryl methyl sites for hydroxylation is 2. The summed E-state index contributed by atoms with van der Waals surface area (Å²) >= 11 is 1.18. The smallest absolute Gasteiger partial charge is 0.271 e. The molecule has 3 heterocycles. The van der Waals surface area contributed by atoms with Crippen LogP contribution in [0.25, 0.3) is 0 Å². The molecule has 1 aromatic carbocycles. The number of nitrogens with zero attached hydrogens (tertiary/aromatic N) is 5. The van der Waals surface area contributed by atoms with Gasteiger partial charge in [0, 0.05) is 50.4 Å². The second-order valence-corrected chi connectivity index (χ2v) is 13.9. The van der Waals surface area contributed by atoms with Gasteiger partial charge in [-0.3, -0.25) is 33.4 Å². The van der Waals surface area contributed by atoms with E-state index in [0.29, 0.717) is 18.0 Å². The van der Waals surface area contributed by atoms with Crippen LogP contribution in [0.4, 0.5) is 0 Å². The van der Waals surface area contributed by atoms with E-state index in [1.54, 1.807) is 37.2 Å². The largest absolute Gasteiger partial charge is 0.345 e. The van der Waals surface area contributed by atoms with E-state index < -0.39 is 53.7 Å². The lowest BCUT2D eigenvalue weighted by atomic mass is 10.0. The summed E-state index contributed by atoms with van der Waals surface area (Å²) in [6, 6.07) is 7.70. The third-order valence-corrected chi connectivity index (χ3v) is 9.58. The van der Waals surface area contributed by atoms with Crippen molar-refractivity contribution in [1.82, 2.24) is 45.8 Å². The summed E-state index contributed by atoms with van der Waals surface area (Å²) in [6.07, 6.45) is 2.08. The predicted octanol–water partition coefficient (Wildman–Crippen LogP) is 1.20. The average molecular weight is 722 g/mol. The number of fused-ring (bicyclic) bond motifs is 2. The van der Waals surface area contributed by atoms with Gasteiger partial charge in [-0.15, -0.1) is 11.3 Å². The van der Waals surface area contributed by atoms with Crippen molar-refractivity contribution in [3.05, 3.63) is 69.9 Å². The summed E-state index contributed by atoms with van der Waals surface area (Å²) in [6.45, 7) is 8.55. The molecule has 15 nitrogen and oxygen atoms in total. The second-order valence-electron chi connectivity index (χ2n) is 13.1. The number of carbonyl (C=O) groups is 6. The van der Waals surface area contributed by atoms with Gasteiger partial charge in [0.1, 0.15) is 28.8 Å². The highest BCUT2D eigenvalue weighted by Crippen LogP contribution is 2.23. The average Bonchev–Trinajstić information content (AvgIpc) is 3.76. The van der Waals surface area contributed by atoms with E-state index in [2.05, 4.69) is 31.3 Å². The van der Waals surface area contributed by atoms with Crippen LogP contribution in [-0.2, 0) is 36.9 Å². The van der Waals surface area contributed by atoms with Gasteiger partial charge < -0.3 is 31.1 Å². The zero-order valence-corrected chi connectivity index (χ0v) is 30.7. The molecule has 4 N–H and O–H groups in total. The van der Waals surface area contributed by atoms with Crippen LogP contribution in [0.15, 0.2) is 48.0 Å². The van der Waals surface area contributed by atoms with E-state index in [-0.39, 0.29) is 43.6 Å². The molecular weight excluding hydrogens is 675 g/mol. The molecule has 274 valence electrons. The summed E-state index contributed by atoms with van der Waals surface area (Å²) in [5, 5.41) is 17.3. The number of rotatable bonds is 6. The first-order valence-corrected chi connectivity index (χ1v) is 17.8. The Bertz CT molecular complexity index is 1710. The lowest BCUT2D eigenvalue weighted by Gasteiger charge is -2.29. The highest BCUT2D eigenvalue weighted by atomic mass is 32.1. The van der Waals surface area contributed by atoms with Crippen LogP contribution in [0.3, 0.4) is 0 Å². The van der Waals surface area contributed by atoms with Gasteiger partial charge in [0.25, 0.3) is 5.91 Å². The number of thiazole rings is 1. The quantitative estimate of drug-likeness (QED) is 0.292. The number of benzene rings is 1. The molecule has 3 aromatic rings. The maximum atomic E-state index is 13.7. The van der Waals surface area contributed by atoms with Crippen molar-refractivity contribution in [3.8, 4) is 0 Å². The van der Waals surface area contributed by atoms with Crippen molar-refractivity contribution in [2.45, 2.75) is 78.2 Å². The molecule has 0 saturated heterocycles. The Morgan fingerprint density at radius 2 is 1.67 bits per heavy atom. The molecule has 2 aromatic heterocycles.